The SMILES string of the molecule is COc1ccc(OC)c(NC(=O)CCCCCNC(=O)c2c(C)nc3ccccn23)c1. The van der Waals surface area contributed by atoms with Crippen LogP contribution in [-0.2, 0) is 4.79 Å². The molecule has 0 atom stereocenters. The highest BCUT2D eigenvalue weighted by molar-refractivity contribution is 5.94. The fourth-order valence-electron chi connectivity index (χ4n) is 3.38. The van der Waals surface area contributed by atoms with Gasteiger partial charge in [0.25, 0.3) is 5.91 Å². The summed E-state index contributed by atoms with van der Waals surface area (Å²) in [5, 5.41) is 5.81. The molecule has 8 nitrogen and oxygen atoms in total. The van der Waals surface area contributed by atoms with Crippen LogP contribution in [0.2, 0.25) is 0 Å². The Labute approximate surface area is 181 Å². The zero-order valence-corrected chi connectivity index (χ0v) is 18.1. The number of ether oxygens (including phenoxy) is 2. The van der Waals surface area contributed by atoms with Gasteiger partial charge in [-0.05, 0) is 44.0 Å². The van der Waals surface area contributed by atoms with E-state index in [0.717, 1.165) is 24.9 Å². The summed E-state index contributed by atoms with van der Waals surface area (Å²) in [7, 11) is 3.13. The number of aromatic nitrogens is 2. The number of benzene rings is 1. The predicted molar refractivity (Wildman–Crippen MR) is 119 cm³/mol. The molecule has 2 N–H and O–H groups in total. The highest BCUT2D eigenvalue weighted by atomic mass is 16.5. The van der Waals surface area contributed by atoms with E-state index in [4.69, 9.17) is 9.47 Å². The van der Waals surface area contributed by atoms with Crippen molar-refractivity contribution in [3.05, 3.63) is 54.0 Å². The molecule has 2 amide bonds. The van der Waals surface area contributed by atoms with Crippen LogP contribution >= 0.6 is 0 Å². The number of carbonyl (C=O) groups excluding carboxylic acids is 2. The van der Waals surface area contributed by atoms with E-state index >= 15 is 0 Å². The number of unbranched alkanes of at least 4 members (excludes halogenated alkanes) is 2. The normalized spacial score (nSPS) is 10.7. The summed E-state index contributed by atoms with van der Waals surface area (Å²) in [6, 6.07) is 10.9. The maximum absolute atomic E-state index is 12.5. The van der Waals surface area contributed by atoms with Crippen molar-refractivity contribution >= 4 is 23.1 Å². The van der Waals surface area contributed by atoms with Gasteiger partial charge < -0.3 is 20.1 Å². The molecule has 0 fully saturated rings. The summed E-state index contributed by atoms with van der Waals surface area (Å²) < 4.78 is 12.3. The fourth-order valence-corrected chi connectivity index (χ4v) is 3.38. The molecule has 0 unspecified atom stereocenters. The molecular formula is C23H28N4O4. The minimum absolute atomic E-state index is 0.0862. The van der Waals surface area contributed by atoms with E-state index in [0.29, 0.717) is 41.5 Å². The molecule has 0 saturated heterocycles. The van der Waals surface area contributed by atoms with Crippen LogP contribution in [0.1, 0.15) is 41.9 Å². The number of rotatable bonds is 10. The number of amides is 2. The lowest BCUT2D eigenvalue weighted by Gasteiger charge is -2.11. The van der Waals surface area contributed by atoms with E-state index in [2.05, 4.69) is 15.6 Å². The van der Waals surface area contributed by atoms with Crippen molar-refractivity contribution in [1.29, 1.82) is 0 Å². The molecule has 0 spiro atoms. The van der Waals surface area contributed by atoms with Gasteiger partial charge in [-0.1, -0.05) is 12.5 Å². The van der Waals surface area contributed by atoms with E-state index in [9.17, 15) is 9.59 Å². The van der Waals surface area contributed by atoms with Crippen molar-refractivity contribution in [1.82, 2.24) is 14.7 Å². The fraction of sp³-hybridized carbons (Fsp3) is 0.348. The number of nitrogens with one attached hydrogen (secondary N) is 2. The Morgan fingerprint density at radius 2 is 1.90 bits per heavy atom. The minimum Gasteiger partial charge on any atom is -0.497 e. The van der Waals surface area contributed by atoms with Gasteiger partial charge in [0, 0.05) is 25.2 Å². The molecule has 1 aromatic carbocycles. The van der Waals surface area contributed by atoms with Gasteiger partial charge in [-0.3, -0.25) is 14.0 Å². The van der Waals surface area contributed by atoms with Crippen molar-refractivity contribution in [2.45, 2.75) is 32.6 Å². The van der Waals surface area contributed by atoms with Crippen LogP contribution in [0.5, 0.6) is 11.5 Å². The van der Waals surface area contributed by atoms with Gasteiger partial charge in [0.05, 0.1) is 25.6 Å². The standard InChI is InChI=1S/C23H28N4O4/c1-16-22(27-14-8-6-9-20(27)25-16)23(29)24-13-7-4-5-10-21(28)26-18-15-17(30-2)11-12-19(18)31-3/h6,8-9,11-12,14-15H,4-5,7,10,13H2,1-3H3,(H,24,29)(H,26,28). The number of fused-ring (bicyclic) bond motifs is 1. The Hall–Kier alpha value is -3.55. The van der Waals surface area contributed by atoms with Crippen LogP contribution in [-0.4, -0.2) is 42.0 Å². The van der Waals surface area contributed by atoms with E-state index in [1.807, 2.05) is 31.3 Å². The van der Waals surface area contributed by atoms with Gasteiger partial charge in [-0.15, -0.1) is 0 Å². The lowest BCUT2D eigenvalue weighted by atomic mass is 10.1. The summed E-state index contributed by atoms with van der Waals surface area (Å²) >= 11 is 0. The largest absolute Gasteiger partial charge is 0.497 e. The van der Waals surface area contributed by atoms with Gasteiger partial charge in [0.15, 0.2) is 0 Å². The summed E-state index contributed by atoms with van der Waals surface area (Å²) in [6.45, 7) is 2.38. The van der Waals surface area contributed by atoms with Crippen molar-refractivity contribution < 1.29 is 19.1 Å². The molecule has 0 aliphatic rings. The third kappa shape index (κ3) is 5.53. The van der Waals surface area contributed by atoms with Gasteiger partial charge in [0.1, 0.15) is 22.8 Å². The number of hydrogen-bond donors (Lipinski definition) is 2. The van der Waals surface area contributed by atoms with Crippen molar-refractivity contribution in [2.75, 3.05) is 26.1 Å². The molecule has 8 heteroatoms. The third-order valence-corrected chi connectivity index (χ3v) is 4.97. The smallest absolute Gasteiger partial charge is 0.270 e. The minimum atomic E-state index is -0.140. The van der Waals surface area contributed by atoms with Gasteiger partial charge in [-0.2, -0.15) is 0 Å². The Morgan fingerprint density at radius 1 is 1.06 bits per heavy atom. The lowest BCUT2D eigenvalue weighted by molar-refractivity contribution is -0.116. The highest BCUT2D eigenvalue weighted by Gasteiger charge is 2.15. The first-order valence-corrected chi connectivity index (χ1v) is 10.3. The van der Waals surface area contributed by atoms with Crippen LogP contribution in [0.15, 0.2) is 42.6 Å². The first-order valence-electron chi connectivity index (χ1n) is 10.3. The Kier molecular flexibility index (Phi) is 7.48. The molecule has 2 aromatic heterocycles. The number of nitrogens with zero attached hydrogens (tertiary/aromatic N) is 2. The molecule has 2 heterocycles. The predicted octanol–water partition coefficient (Wildman–Crippen LogP) is 3.59. The molecule has 0 saturated carbocycles. The maximum Gasteiger partial charge on any atom is 0.270 e. The van der Waals surface area contributed by atoms with Gasteiger partial charge in [0.2, 0.25) is 5.91 Å². The van der Waals surface area contributed by atoms with Gasteiger partial charge in [-0.25, -0.2) is 4.98 Å². The van der Waals surface area contributed by atoms with E-state index in [-0.39, 0.29) is 11.8 Å². The summed E-state index contributed by atoms with van der Waals surface area (Å²) in [4.78, 5) is 29.2. The molecule has 0 aliphatic heterocycles. The molecule has 0 aliphatic carbocycles. The molecular weight excluding hydrogens is 396 g/mol. The second-order valence-electron chi connectivity index (χ2n) is 7.16. The van der Waals surface area contributed by atoms with E-state index in [1.165, 1.54) is 0 Å². The van der Waals surface area contributed by atoms with Crippen molar-refractivity contribution in [3.63, 3.8) is 0 Å². The molecule has 164 valence electrons. The zero-order chi connectivity index (χ0) is 22.2. The Bertz CT molecular complexity index is 1060. The molecule has 31 heavy (non-hydrogen) atoms. The molecule has 3 rings (SSSR count). The van der Waals surface area contributed by atoms with Crippen molar-refractivity contribution in [3.8, 4) is 11.5 Å². The number of hydrogen-bond acceptors (Lipinski definition) is 5. The number of methoxy groups -OCH3 is 2. The molecule has 0 bridgehead atoms. The number of anilines is 1. The lowest BCUT2D eigenvalue weighted by Crippen LogP contribution is -2.26. The number of carbonyl (C=O) groups is 2. The summed E-state index contributed by atoms with van der Waals surface area (Å²) in [5.41, 5.74) is 2.60. The maximum atomic E-state index is 12.5. The zero-order valence-electron chi connectivity index (χ0n) is 18.1. The van der Waals surface area contributed by atoms with Gasteiger partial charge >= 0.3 is 0 Å². The average Bonchev–Trinajstić information content (AvgIpc) is 3.11. The van der Waals surface area contributed by atoms with Crippen LogP contribution in [0.25, 0.3) is 5.65 Å². The first-order chi connectivity index (χ1) is 15.0. The first kappa shape index (κ1) is 22.1. The van der Waals surface area contributed by atoms with Crippen LogP contribution in [0.4, 0.5) is 5.69 Å². The quantitative estimate of drug-likeness (QED) is 0.485. The second-order valence-corrected chi connectivity index (χ2v) is 7.16. The average molecular weight is 425 g/mol. The highest BCUT2D eigenvalue weighted by Crippen LogP contribution is 2.29. The second kappa shape index (κ2) is 10.5. The van der Waals surface area contributed by atoms with Crippen molar-refractivity contribution in [2.24, 2.45) is 0 Å². The summed E-state index contributed by atoms with van der Waals surface area (Å²) in [6.07, 6.45) is 4.57. The van der Waals surface area contributed by atoms with E-state index in [1.54, 1.807) is 36.8 Å². The number of pyridine rings is 1. The van der Waals surface area contributed by atoms with Crippen LogP contribution < -0.4 is 20.1 Å². The third-order valence-electron chi connectivity index (χ3n) is 4.97. The summed E-state index contributed by atoms with van der Waals surface area (Å²) in [5.74, 6) is 1.00. The number of aryl methyl sites for hydroxylation is 1. The van der Waals surface area contributed by atoms with E-state index < -0.39 is 0 Å². The monoisotopic (exact) mass is 424 g/mol. The van der Waals surface area contributed by atoms with Crippen LogP contribution in [0, 0.1) is 6.92 Å². The molecule has 0 radical (unpaired) electrons. The number of imidazole rings is 1. The molecule has 3 aromatic rings. The topological polar surface area (TPSA) is 94.0 Å². The van der Waals surface area contributed by atoms with Crippen LogP contribution in [0.3, 0.4) is 0 Å². The Balaban J connectivity index is 1.40. The Morgan fingerprint density at radius 3 is 2.68 bits per heavy atom.